The van der Waals surface area contributed by atoms with Crippen molar-refractivity contribution >= 4 is 22.6 Å². The molecule has 0 amide bonds. The predicted octanol–water partition coefficient (Wildman–Crippen LogP) is 10.5. The van der Waals surface area contributed by atoms with Crippen LogP contribution in [-0.4, -0.2) is 64.8 Å². The van der Waals surface area contributed by atoms with Gasteiger partial charge in [-0.2, -0.15) is 0 Å². The van der Waals surface area contributed by atoms with Crippen LogP contribution in [0.5, 0.6) is 0 Å². The fourth-order valence-corrected chi connectivity index (χ4v) is 8.01. The number of benzene rings is 1. The maximum atomic E-state index is 12.6. The molecule has 50 heavy (non-hydrogen) atoms. The molecule has 290 valence electrons. The van der Waals surface area contributed by atoms with Gasteiger partial charge >= 0.3 is 5.97 Å². The van der Waals surface area contributed by atoms with Gasteiger partial charge in [0.1, 0.15) is 18.2 Å². The Morgan fingerprint density at radius 1 is 0.820 bits per heavy atom. The van der Waals surface area contributed by atoms with E-state index in [0.29, 0.717) is 6.10 Å². The van der Waals surface area contributed by atoms with Crippen LogP contribution >= 0.6 is 0 Å². The van der Waals surface area contributed by atoms with Crippen molar-refractivity contribution in [3.8, 4) is 0 Å². The summed E-state index contributed by atoms with van der Waals surface area (Å²) in [5.74, 6) is -0.652. The van der Waals surface area contributed by atoms with E-state index < -0.39 is 47.0 Å². The standard InChI is InChI=1S/C41H77NO6Si2/c1-13-15-16-24-29-34(47-49(9,10)40(3,4)5)30-25-19-17-18-20-26-31-35(48-50(11,12)41(6,7)8)38(37(43)36(42)39(44)45-14-2)46-32-33-27-22-21-23-28-33/h21-23,26-28,31,34-38,43H,13-20,24-25,29-30,32,42H2,1-12H3/b31-26+/t34-,35+,36+,37-,38-/m1/s1. The smallest absolute Gasteiger partial charge is 0.325 e. The number of nitrogens with two attached hydrogens (primary N) is 1. The first kappa shape index (κ1) is 46.7. The number of aliphatic hydroxyl groups excluding tert-OH is 1. The molecule has 5 atom stereocenters. The predicted molar refractivity (Wildman–Crippen MR) is 215 cm³/mol. The number of rotatable bonds is 25. The normalized spacial score (nSPS) is 16.3. The van der Waals surface area contributed by atoms with Gasteiger partial charge in [0, 0.05) is 6.10 Å². The Bertz CT molecular complexity index is 1080. The van der Waals surface area contributed by atoms with Crippen molar-refractivity contribution in [2.75, 3.05) is 6.61 Å². The topological polar surface area (TPSA) is 100 Å². The van der Waals surface area contributed by atoms with Crippen LogP contribution in [0.15, 0.2) is 42.5 Å². The van der Waals surface area contributed by atoms with Crippen molar-refractivity contribution in [3.05, 3.63) is 48.0 Å². The SMILES string of the molecule is CCCCCC[C@H](CCCCCC/C=C/[C@H](O[Si](C)(C)C(C)(C)C)[C@@H](OCc1ccccc1)[C@H](O)[C@H](N)C(=O)OCC)O[Si](C)(C)C(C)(C)C. The summed E-state index contributed by atoms with van der Waals surface area (Å²) in [5.41, 5.74) is 7.22. The Labute approximate surface area is 309 Å². The second-order valence-corrected chi connectivity index (χ2v) is 26.7. The van der Waals surface area contributed by atoms with E-state index in [9.17, 15) is 9.90 Å². The molecule has 0 saturated heterocycles. The molecule has 3 N–H and O–H groups in total. The third-order valence-electron chi connectivity index (χ3n) is 10.7. The van der Waals surface area contributed by atoms with Crippen LogP contribution in [0.3, 0.4) is 0 Å². The zero-order valence-corrected chi connectivity index (χ0v) is 36.2. The minimum atomic E-state index is -2.31. The molecule has 0 unspecified atom stereocenters. The van der Waals surface area contributed by atoms with E-state index in [1.807, 2.05) is 36.4 Å². The minimum absolute atomic E-state index is 0.0700. The van der Waals surface area contributed by atoms with Crippen molar-refractivity contribution in [2.45, 2.75) is 199 Å². The van der Waals surface area contributed by atoms with Crippen LogP contribution < -0.4 is 5.73 Å². The lowest BCUT2D eigenvalue weighted by Crippen LogP contribution is -2.56. The molecule has 0 aliphatic rings. The lowest BCUT2D eigenvalue weighted by molar-refractivity contribution is -0.154. The van der Waals surface area contributed by atoms with Gasteiger partial charge < -0.3 is 29.2 Å². The van der Waals surface area contributed by atoms with Crippen molar-refractivity contribution in [1.29, 1.82) is 0 Å². The average Bonchev–Trinajstić information content (AvgIpc) is 3.02. The zero-order chi connectivity index (χ0) is 38.0. The summed E-state index contributed by atoms with van der Waals surface area (Å²) in [7, 11) is -4.11. The van der Waals surface area contributed by atoms with Gasteiger partial charge in [0.05, 0.1) is 19.3 Å². The number of esters is 1. The third-order valence-corrected chi connectivity index (χ3v) is 19.7. The highest BCUT2D eigenvalue weighted by atomic mass is 28.4. The lowest BCUT2D eigenvalue weighted by Gasteiger charge is -2.41. The van der Waals surface area contributed by atoms with E-state index >= 15 is 0 Å². The summed E-state index contributed by atoms with van der Waals surface area (Å²) in [4.78, 5) is 12.6. The summed E-state index contributed by atoms with van der Waals surface area (Å²) in [5, 5.41) is 11.7. The molecule has 0 aliphatic heterocycles. The Morgan fingerprint density at radius 2 is 1.36 bits per heavy atom. The number of hydrogen-bond donors (Lipinski definition) is 2. The van der Waals surface area contributed by atoms with Gasteiger partial charge in [-0.15, -0.1) is 0 Å². The molecule has 0 aromatic heterocycles. The minimum Gasteiger partial charge on any atom is -0.465 e. The van der Waals surface area contributed by atoms with Crippen LogP contribution in [0.4, 0.5) is 0 Å². The number of unbranched alkanes of at least 4 members (excludes halogenated alkanes) is 7. The number of carbonyl (C=O) groups is 1. The monoisotopic (exact) mass is 736 g/mol. The molecule has 7 nitrogen and oxygen atoms in total. The maximum absolute atomic E-state index is 12.6. The highest BCUT2D eigenvalue weighted by Crippen LogP contribution is 2.39. The molecule has 9 heteroatoms. The molecule has 0 heterocycles. The van der Waals surface area contributed by atoms with Gasteiger partial charge in [-0.05, 0) is 74.4 Å². The van der Waals surface area contributed by atoms with Gasteiger partial charge in [-0.1, -0.05) is 136 Å². The largest absolute Gasteiger partial charge is 0.465 e. The second kappa shape index (κ2) is 22.7. The van der Waals surface area contributed by atoms with E-state index in [1.165, 1.54) is 44.9 Å². The van der Waals surface area contributed by atoms with Gasteiger partial charge in [0.15, 0.2) is 16.6 Å². The van der Waals surface area contributed by atoms with Crippen molar-refractivity contribution in [3.63, 3.8) is 0 Å². The Balaban J connectivity index is 3.01. The quantitative estimate of drug-likeness (QED) is 0.0446. The average molecular weight is 736 g/mol. The fourth-order valence-electron chi connectivity index (χ4n) is 5.34. The van der Waals surface area contributed by atoms with E-state index in [0.717, 1.165) is 31.2 Å². The van der Waals surface area contributed by atoms with Crippen LogP contribution in [0.1, 0.15) is 132 Å². The van der Waals surface area contributed by atoms with Crippen LogP contribution in [0, 0.1) is 0 Å². The van der Waals surface area contributed by atoms with Gasteiger partial charge in [0.25, 0.3) is 0 Å². The molecule has 0 radical (unpaired) electrons. The van der Waals surface area contributed by atoms with E-state index in [1.54, 1.807) is 6.92 Å². The van der Waals surface area contributed by atoms with E-state index in [4.69, 9.17) is 24.1 Å². The number of hydrogen-bond acceptors (Lipinski definition) is 7. The zero-order valence-electron chi connectivity index (χ0n) is 34.2. The number of carbonyl (C=O) groups excluding carboxylic acids is 1. The number of aliphatic hydroxyl groups is 1. The summed E-state index contributed by atoms with van der Waals surface area (Å²) in [6.07, 6.45) is 14.6. The van der Waals surface area contributed by atoms with Gasteiger partial charge in [0.2, 0.25) is 0 Å². The van der Waals surface area contributed by atoms with Gasteiger partial charge in [-0.25, -0.2) is 0 Å². The molecule has 0 aliphatic carbocycles. The van der Waals surface area contributed by atoms with E-state index in [2.05, 4.69) is 80.7 Å². The van der Waals surface area contributed by atoms with Gasteiger partial charge in [-0.3, -0.25) is 4.79 Å². The number of allylic oxidation sites excluding steroid dienone is 1. The summed E-state index contributed by atoms with van der Waals surface area (Å²) in [6.45, 7) is 27.1. The highest BCUT2D eigenvalue weighted by Gasteiger charge is 2.44. The molecule has 1 aromatic rings. The second-order valence-electron chi connectivity index (χ2n) is 17.1. The summed E-state index contributed by atoms with van der Waals surface area (Å²) >= 11 is 0. The third kappa shape index (κ3) is 17.0. The molecule has 1 rings (SSSR count). The van der Waals surface area contributed by atoms with Crippen LogP contribution in [0.25, 0.3) is 0 Å². The Kier molecular flexibility index (Phi) is 21.2. The lowest BCUT2D eigenvalue weighted by atomic mass is 10.00. The summed E-state index contributed by atoms with van der Waals surface area (Å²) < 4.78 is 25.3. The van der Waals surface area contributed by atoms with Crippen molar-refractivity contribution in [2.24, 2.45) is 5.73 Å². The molecular formula is C41H77NO6Si2. The van der Waals surface area contributed by atoms with Crippen LogP contribution in [0.2, 0.25) is 36.3 Å². The van der Waals surface area contributed by atoms with E-state index in [-0.39, 0.29) is 23.3 Å². The molecule has 0 spiro atoms. The molecule has 1 aromatic carbocycles. The summed E-state index contributed by atoms with van der Waals surface area (Å²) in [6, 6.07) is 8.55. The van der Waals surface area contributed by atoms with Crippen molar-refractivity contribution in [1.82, 2.24) is 0 Å². The highest BCUT2D eigenvalue weighted by molar-refractivity contribution is 6.74. The maximum Gasteiger partial charge on any atom is 0.325 e. The first-order valence-electron chi connectivity index (χ1n) is 19.6. The first-order valence-corrected chi connectivity index (χ1v) is 25.4. The molecule has 0 saturated carbocycles. The Morgan fingerprint density at radius 3 is 1.90 bits per heavy atom. The Hall–Kier alpha value is -1.34. The fraction of sp³-hybridized carbons (Fsp3) is 0.780. The molecule has 0 fully saturated rings. The van der Waals surface area contributed by atoms with Crippen LogP contribution in [-0.2, 0) is 29.7 Å². The first-order chi connectivity index (χ1) is 23.3. The molecule has 0 bridgehead atoms. The molecular weight excluding hydrogens is 659 g/mol. The number of ether oxygens (including phenoxy) is 2. The van der Waals surface area contributed by atoms with Crippen molar-refractivity contribution < 1.29 is 28.2 Å².